The van der Waals surface area contributed by atoms with E-state index in [1.165, 1.54) is 24.1 Å². The third-order valence-corrected chi connectivity index (χ3v) is 9.97. The summed E-state index contributed by atoms with van der Waals surface area (Å²) in [5, 5.41) is 10.6. The Bertz CT molecular complexity index is 1770. The van der Waals surface area contributed by atoms with Crippen LogP contribution in [0.25, 0.3) is 0 Å². The Morgan fingerprint density at radius 1 is 1.12 bits per heavy atom. The Balaban J connectivity index is 1.36. The second-order valence-electron chi connectivity index (χ2n) is 12.3. The summed E-state index contributed by atoms with van der Waals surface area (Å²) in [5.41, 5.74) is 2.32. The number of oxime groups is 1. The van der Waals surface area contributed by atoms with Crippen molar-refractivity contribution in [2.45, 2.75) is 70.3 Å². The first-order valence-electron chi connectivity index (χ1n) is 15.8. The first kappa shape index (κ1) is 36.7. The molecular weight excluding hydrogens is 699 g/mol. The average molecular weight is 736 g/mol. The molecule has 0 aliphatic carbocycles. The number of β-lactam (4-membered cyclic amide) rings is 1. The van der Waals surface area contributed by atoms with Gasteiger partial charge in [-0.2, -0.15) is 0 Å². The normalized spacial score (nSPS) is 18.1. The lowest BCUT2D eigenvalue weighted by Crippen LogP contribution is -2.71. The standard InChI is InChI=1S/C35H37N5O7S3/c1-6-21-17-49-31-26(30(43)40(31)27(21)33(48)45-28(22-13-9-7-10-14-22)23-15-11-8-12-16-23)38-29(42)25(24-18-50-34(37-24)36-19-41)39-47-20(2)32(44)46-35(3,4)5/h7-16,18-20,26,28,31H,6,17H2,1-5H3,(H,38,42)(H,36,37,41)/t20?,26?,31-/m1/s1. The van der Waals surface area contributed by atoms with E-state index in [9.17, 15) is 19.2 Å². The summed E-state index contributed by atoms with van der Waals surface area (Å²) in [6.07, 6.45) is -0.566. The number of hydrogen-bond acceptors (Lipinski definition) is 12. The zero-order chi connectivity index (χ0) is 36.0. The van der Waals surface area contributed by atoms with Crippen LogP contribution in [0.1, 0.15) is 64.0 Å². The third-order valence-electron chi connectivity index (χ3n) is 7.57. The number of carbonyl (C=O) groups is 4. The van der Waals surface area contributed by atoms with E-state index in [4.69, 9.17) is 26.5 Å². The van der Waals surface area contributed by atoms with Crippen LogP contribution in [0.3, 0.4) is 0 Å². The summed E-state index contributed by atoms with van der Waals surface area (Å²) in [5.74, 6) is -1.25. The molecule has 2 aliphatic rings. The van der Waals surface area contributed by atoms with Gasteiger partial charge in [-0.25, -0.2) is 9.78 Å². The van der Waals surface area contributed by atoms with Gasteiger partial charge in [0.15, 0.2) is 10.8 Å². The van der Waals surface area contributed by atoms with Gasteiger partial charge in [0.2, 0.25) is 17.6 Å². The Labute approximate surface area is 303 Å². The van der Waals surface area contributed by atoms with Gasteiger partial charge in [-0.1, -0.05) is 72.7 Å². The maximum atomic E-state index is 13.8. The number of fused-ring (bicyclic) bond motifs is 1. The van der Waals surface area contributed by atoms with Crippen molar-refractivity contribution in [3.05, 3.63) is 94.1 Å². The molecule has 1 fully saturated rings. The van der Waals surface area contributed by atoms with Crippen LogP contribution in [0, 0.1) is 0 Å². The van der Waals surface area contributed by atoms with Crippen molar-refractivity contribution in [2.24, 2.45) is 5.16 Å². The van der Waals surface area contributed by atoms with Gasteiger partial charge in [-0.05, 0) is 63.0 Å². The highest BCUT2D eigenvalue weighted by atomic mass is 32.2. The minimum atomic E-state index is -1.16. The Kier molecular flexibility index (Phi) is 11.7. The lowest BCUT2D eigenvalue weighted by Gasteiger charge is -2.50. The molecule has 0 bridgehead atoms. The number of amides is 3. The van der Waals surface area contributed by atoms with Gasteiger partial charge in [-0.15, -0.1) is 23.1 Å². The molecule has 2 aliphatic heterocycles. The van der Waals surface area contributed by atoms with E-state index < -0.39 is 41.1 Å². The SMILES string of the molecule is CCC1=C(C(=S)OC(c2ccccc2)c2ccccc2)N2C(=O)C(NC(=O)C(=NOC(C)C(=O)OC(C)(C)C)c3csc(NC=O)n3)[C@H]2SC1. The molecule has 0 saturated carbocycles. The highest BCUT2D eigenvalue weighted by Gasteiger charge is 2.54. The van der Waals surface area contributed by atoms with Crippen molar-refractivity contribution >= 4 is 75.4 Å². The monoisotopic (exact) mass is 735 g/mol. The van der Waals surface area contributed by atoms with Gasteiger partial charge in [-0.3, -0.25) is 19.3 Å². The van der Waals surface area contributed by atoms with Gasteiger partial charge in [0.25, 0.3) is 11.8 Å². The number of hydrogen-bond donors (Lipinski definition) is 2. The zero-order valence-electron chi connectivity index (χ0n) is 28.1. The number of benzene rings is 2. The molecule has 3 amide bonds. The molecule has 3 heterocycles. The van der Waals surface area contributed by atoms with E-state index in [0.29, 0.717) is 24.3 Å². The van der Waals surface area contributed by atoms with Gasteiger partial charge in [0.1, 0.15) is 28.8 Å². The Hall–Kier alpha value is -4.60. The lowest BCUT2D eigenvalue weighted by molar-refractivity contribution is -0.167. The summed E-state index contributed by atoms with van der Waals surface area (Å²) in [6.45, 7) is 8.58. The molecule has 50 heavy (non-hydrogen) atoms. The predicted octanol–water partition coefficient (Wildman–Crippen LogP) is 5.36. The fraction of sp³-hybridized carbons (Fsp3) is 0.343. The van der Waals surface area contributed by atoms with Crippen molar-refractivity contribution in [1.29, 1.82) is 0 Å². The summed E-state index contributed by atoms with van der Waals surface area (Å²) in [6, 6.07) is 18.5. The molecule has 2 aromatic carbocycles. The third kappa shape index (κ3) is 8.40. The number of rotatable bonds is 13. The van der Waals surface area contributed by atoms with Crippen LogP contribution in [0.5, 0.6) is 0 Å². The van der Waals surface area contributed by atoms with Crippen LogP contribution < -0.4 is 10.6 Å². The van der Waals surface area contributed by atoms with Crippen molar-refractivity contribution in [3.8, 4) is 0 Å². The number of esters is 1. The molecule has 15 heteroatoms. The number of thioether (sulfide) groups is 1. The number of ether oxygens (including phenoxy) is 2. The number of anilines is 1. The van der Waals surface area contributed by atoms with Crippen LogP contribution in [-0.2, 0) is 33.5 Å². The minimum absolute atomic E-state index is 0.0736. The Morgan fingerprint density at radius 2 is 1.76 bits per heavy atom. The van der Waals surface area contributed by atoms with E-state index >= 15 is 0 Å². The molecule has 5 rings (SSSR count). The summed E-state index contributed by atoms with van der Waals surface area (Å²) in [4.78, 5) is 62.3. The van der Waals surface area contributed by atoms with Crippen LogP contribution in [0.15, 0.2) is 82.5 Å². The average Bonchev–Trinajstić information content (AvgIpc) is 3.56. The molecule has 0 spiro atoms. The molecule has 262 valence electrons. The smallest absolute Gasteiger partial charge is 0.350 e. The largest absolute Gasteiger partial charge is 0.469 e. The van der Waals surface area contributed by atoms with E-state index in [0.717, 1.165) is 28.0 Å². The fourth-order valence-electron chi connectivity index (χ4n) is 5.16. The Morgan fingerprint density at radius 3 is 2.34 bits per heavy atom. The van der Waals surface area contributed by atoms with Crippen molar-refractivity contribution < 1.29 is 33.5 Å². The van der Waals surface area contributed by atoms with Crippen molar-refractivity contribution in [3.63, 3.8) is 0 Å². The molecule has 0 radical (unpaired) electrons. The molecule has 2 unspecified atom stereocenters. The second-order valence-corrected chi connectivity index (χ2v) is 14.6. The van der Waals surface area contributed by atoms with Crippen LogP contribution in [0.2, 0.25) is 0 Å². The summed E-state index contributed by atoms with van der Waals surface area (Å²) in [7, 11) is 0. The zero-order valence-corrected chi connectivity index (χ0v) is 30.5. The van der Waals surface area contributed by atoms with E-state index in [-0.39, 0.29) is 27.5 Å². The highest BCUT2D eigenvalue weighted by Crippen LogP contribution is 2.42. The first-order valence-corrected chi connectivity index (χ1v) is 18.2. The van der Waals surface area contributed by atoms with E-state index in [1.807, 2.05) is 67.6 Å². The number of thiocarbonyl (C=S) groups is 1. The number of nitrogens with zero attached hydrogens (tertiary/aromatic N) is 3. The molecule has 2 N–H and O–H groups in total. The predicted molar refractivity (Wildman–Crippen MR) is 195 cm³/mol. The number of carbonyl (C=O) groups excluding carboxylic acids is 4. The van der Waals surface area contributed by atoms with Gasteiger partial charge >= 0.3 is 5.97 Å². The van der Waals surface area contributed by atoms with Gasteiger partial charge < -0.3 is 24.9 Å². The molecule has 3 atom stereocenters. The fourth-order valence-corrected chi connectivity index (χ4v) is 7.60. The molecule has 12 nitrogen and oxygen atoms in total. The van der Waals surface area contributed by atoms with Crippen LogP contribution in [-0.4, -0.2) is 73.7 Å². The summed E-state index contributed by atoms with van der Waals surface area (Å²) < 4.78 is 11.9. The van der Waals surface area contributed by atoms with Gasteiger partial charge in [0, 0.05) is 11.1 Å². The number of aromatic nitrogens is 1. The van der Waals surface area contributed by atoms with Crippen molar-refractivity contribution in [1.82, 2.24) is 15.2 Å². The molecule has 1 saturated heterocycles. The maximum absolute atomic E-state index is 13.8. The highest BCUT2D eigenvalue weighted by molar-refractivity contribution is 8.00. The molecule has 3 aromatic rings. The van der Waals surface area contributed by atoms with Gasteiger partial charge in [0.05, 0.1) is 5.70 Å². The minimum Gasteiger partial charge on any atom is -0.469 e. The second kappa shape index (κ2) is 16.0. The maximum Gasteiger partial charge on any atom is 0.350 e. The van der Waals surface area contributed by atoms with Crippen molar-refractivity contribution in [2.75, 3.05) is 11.1 Å². The summed E-state index contributed by atoms with van der Waals surface area (Å²) >= 11 is 8.46. The topological polar surface area (TPSA) is 149 Å². The quantitative estimate of drug-likeness (QED) is 0.0587. The van der Waals surface area contributed by atoms with E-state index in [2.05, 4.69) is 20.8 Å². The van der Waals surface area contributed by atoms with Crippen LogP contribution in [0.4, 0.5) is 5.13 Å². The number of nitrogens with one attached hydrogen (secondary N) is 2. The lowest BCUT2D eigenvalue weighted by atomic mass is 10.00. The van der Waals surface area contributed by atoms with Crippen LogP contribution >= 0.6 is 35.3 Å². The number of thiazole rings is 1. The van der Waals surface area contributed by atoms with E-state index in [1.54, 1.807) is 25.7 Å². The molecule has 1 aromatic heterocycles. The molecular formula is C35H37N5O7S3. The first-order chi connectivity index (χ1) is 23.9.